The normalized spacial score (nSPS) is 15.4. The molecule has 0 bridgehead atoms. The topological polar surface area (TPSA) is 87.1 Å². The van der Waals surface area contributed by atoms with Gasteiger partial charge in [-0.15, -0.1) is 0 Å². The number of rotatable bonds is 4. The zero-order valence-electron chi connectivity index (χ0n) is 11.8. The van der Waals surface area contributed by atoms with Crippen LogP contribution in [0.5, 0.6) is 0 Å². The minimum absolute atomic E-state index is 0.101. The van der Waals surface area contributed by atoms with Crippen molar-refractivity contribution in [2.45, 2.75) is 38.1 Å². The summed E-state index contributed by atoms with van der Waals surface area (Å²) in [5, 5.41) is 5.84. The third-order valence-electron chi connectivity index (χ3n) is 3.88. The molecule has 1 aromatic heterocycles. The first-order chi connectivity index (χ1) is 10.2. The van der Waals surface area contributed by atoms with Crippen LogP contribution in [0.15, 0.2) is 27.4 Å². The van der Waals surface area contributed by atoms with E-state index in [4.69, 9.17) is 4.42 Å². The van der Waals surface area contributed by atoms with Gasteiger partial charge in [-0.3, -0.25) is 4.98 Å². The summed E-state index contributed by atoms with van der Waals surface area (Å²) in [4.78, 5) is 25.4. The van der Waals surface area contributed by atoms with E-state index in [-0.39, 0.29) is 6.03 Å². The number of carbonyl (C=O) groups excluding carboxylic acids is 1. The van der Waals surface area contributed by atoms with Gasteiger partial charge in [-0.25, -0.2) is 9.59 Å². The third kappa shape index (κ3) is 3.45. The summed E-state index contributed by atoms with van der Waals surface area (Å²) in [6, 6.07) is 5.79. The molecule has 112 valence electrons. The number of oxazole rings is 1. The number of amides is 2. The Kier molecular flexibility index (Phi) is 3.94. The van der Waals surface area contributed by atoms with E-state index >= 15 is 0 Å². The molecular formula is C15H19N3O3. The summed E-state index contributed by atoms with van der Waals surface area (Å²) in [5.74, 6) is -0.448. The number of H-pyrrole nitrogens is 1. The molecule has 6 heteroatoms. The molecule has 1 aromatic carbocycles. The Morgan fingerprint density at radius 2 is 2.14 bits per heavy atom. The van der Waals surface area contributed by atoms with Crippen molar-refractivity contribution in [3.8, 4) is 0 Å². The Bertz CT molecular complexity index is 683. The van der Waals surface area contributed by atoms with E-state index in [1.165, 1.54) is 12.8 Å². The van der Waals surface area contributed by atoms with Crippen LogP contribution in [0.3, 0.4) is 0 Å². The van der Waals surface area contributed by atoms with Crippen molar-refractivity contribution >= 4 is 17.1 Å². The van der Waals surface area contributed by atoms with Crippen molar-refractivity contribution < 1.29 is 9.21 Å². The summed E-state index contributed by atoms with van der Waals surface area (Å²) in [5.41, 5.74) is 2.26. The van der Waals surface area contributed by atoms with Gasteiger partial charge in [0.15, 0.2) is 5.58 Å². The third-order valence-corrected chi connectivity index (χ3v) is 3.88. The fourth-order valence-electron chi connectivity index (χ4n) is 2.77. The van der Waals surface area contributed by atoms with Crippen molar-refractivity contribution in [3.63, 3.8) is 0 Å². The van der Waals surface area contributed by atoms with E-state index in [1.54, 1.807) is 0 Å². The predicted octanol–water partition coefficient (Wildman–Crippen LogP) is 1.91. The largest absolute Gasteiger partial charge is 0.417 e. The zero-order chi connectivity index (χ0) is 14.7. The van der Waals surface area contributed by atoms with Crippen molar-refractivity contribution in [1.29, 1.82) is 0 Å². The number of aromatic amines is 1. The van der Waals surface area contributed by atoms with E-state index in [0.29, 0.717) is 30.1 Å². The molecule has 0 atom stereocenters. The predicted molar refractivity (Wildman–Crippen MR) is 79.3 cm³/mol. The highest BCUT2D eigenvalue weighted by Crippen LogP contribution is 2.17. The van der Waals surface area contributed by atoms with Gasteiger partial charge in [-0.1, -0.05) is 18.9 Å². The molecule has 1 aliphatic rings. The molecular weight excluding hydrogens is 270 g/mol. The van der Waals surface area contributed by atoms with Crippen molar-refractivity contribution in [2.24, 2.45) is 0 Å². The SMILES string of the molecule is O=C(NCCc1ccc2[nH]c(=O)oc2c1)NC1CCCC1. The van der Waals surface area contributed by atoms with Gasteiger partial charge in [0.1, 0.15) is 0 Å². The van der Waals surface area contributed by atoms with Gasteiger partial charge in [0.25, 0.3) is 0 Å². The highest BCUT2D eigenvalue weighted by atomic mass is 16.4. The minimum Gasteiger partial charge on any atom is -0.408 e. The lowest BCUT2D eigenvalue weighted by atomic mass is 10.1. The van der Waals surface area contributed by atoms with Gasteiger partial charge in [0.2, 0.25) is 0 Å². The Morgan fingerprint density at radius 3 is 2.95 bits per heavy atom. The van der Waals surface area contributed by atoms with E-state index in [0.717, 1.165) is 18.4 Å². The molecule has 0 radical (unpaired) electrons. The van der Waals surface area contributed by atoms with Crippen LogP contribution >= 0.6 is 0 Å². The number of benzene rings is 1. The molecule has 2 amide bonds. The highest BCUT2D eigenvalue weighted by molar-refractivity contribution is 5.74. The lowest BCUT2D eigenvalue weighted by Crippen LogP contribution is -2.41. The Morgan fingerprint density at radius 1 is 1.33 bits per heavy atom. The fraction of sp³-hybridized carbons (Fsp3) is 0.467. The van der Waals surface area contributed by atoms with Crippen LogP contribution in [0.1, 0.15) is 31.2 Å². The van der Waals surface area contributed by atoms with E-state index < -0.39 is 5.76 Å². The first-order valence-corrected chi connectivity index (χ1v) is 7.37. The fourth-order valence-corrected chi connectivity index (χ4v) is 2.77. The maximum atomic E-state index is 11.7. The summed E-state index contributed by atoms with van der Waals surface area (Å²) >= 11 is 0. The van der Waals surface area contributed by atoms with Gasteiger partial charge in [0.05, 0.1) is 5.52 Å². The van der Waals surface area contributed by atoms with E-state index in [2.05, 4.69) is 15.6 Å². The molecule has 1 fully saturated rings. The molecule has 21 heavy (non-hydrogen) atoms. The summed E-state index contributed by atoms with van der Waals surface area (Å²) < 4.78 is 5.01. The number of aromatic nitrogens is 1. The second-order valence-corrected chi connectivity index (χ2v) is 5.48. The van der Waals surface area contributed by atoms with Gasteiger partial charge in [0, 0.05) is 12.6 Å². The lowest BCUT2D eigenvalue weighted by molar-refractivity contribution is 0.237. The number of fused-ring (bicyclic) bond motifs is 1. The molecule has 0 saturated heterocycles. The zero-order valence-corrected chi connectivity index (χ0v) is 11.8. The van der Waals surface area contributed by atoms with E-state index in [9.17, 15) is 9.59 Å². The van der Waals surface area contributed by atoms with E-state index in [1.807, 2.05) is 18.2 Å². The molecule has 0 unspecified atom stereocenters. The number of nitrogens with one attached hydrogen (secondary N) is 3. The molecule has 3 rings (SSSR count). The standard InChI is InChI=1S/C15H19N3O3/c19-14(17-11-3-1-2-4-11)16-8-7-10-5-6-12-13(9-10)21-15(20)18-12/h5-6,9,11H,1-4,7-8H2,(H,18,20)(H2,16,17,19). The minimum atomic E-state index is -0.448. The molecule has 0 aliphatic heterocycles. The second kappa shape index (κ2) is 6.03. The first-order valence-electron chi connectivity index (χ1n) is 7.37. The number of carbonyl (C=O) groups is 1. The van der Waals surface area contributed by atoms with Crippen LogP contribution in [-0.4, -0.2) is 23.6 Å². The molecule has 6 nitrogen and oxygen atoms in total. The molecule has 1 heterocycles. The van der Waals surface area contributed by atoms with Crippen molar-refractivity contribution in [2.75, 3.05) is 6.54 Å². The average molecular weight is 289 g/mol. The quantitative estimate of drug-likeness (QED) is 0.803. The van der Waals surface area contributed by atoms with Crippen LogP contribution in [0, 0.1) is 0 Å². The Balaban J connectivity index is 1.49. The smallest absolute Gasteiger partial charge is 0.408 e. The summed E-state index contributed by atoms with van der Waals surface area (Å²) in [6.45, 7) is 0.554. The monoisotopic (exact) mass is 289 g/mol. The number of hydrogen-bond donors (Lipinski definition) is 3. The highest BCUT2D eigenvalue weighted by Gasteiger charge is 2.16. The summed E-state index contributed by atoms with van der Waals surface area (Å²) in [6.07, 6.45) is 5.26. The van der Waals surface area contributed by atoms with Gasteiger partial charge in [-0.2, -0.15) is 0 Å². The van der Waals surface area contributed by atoms with Crippen LogP contribution in [0.2, 0.25) is 0 Å². The first kappa shape index (κ1) is 13.7. The van der Waals surface area contributed by atoms with Crippen LogP contribution < -0.4 is 16.4 Å². The molecule has 1 saturated carbocycles. The maximum Gasteiger partial charge on any atom is 0.417 e. The second-order valence-electron chi connectivity index (χ2n) is 5.48. The number of urea groups is 1. The molecule has 3 N–H and O–H groups in total. The molecule has 0 spiro atoms. The van der Waals surface area contributed by atoms with Crippen molar-refractivity contribution in [3.05, 3.63) is 34.3 Å². The van der Waals surface area contributed by atoms with Crippen molar-refractivity contribution in [1.82, 2.24) is 15.6 Å². The molecule has 2 aromatic rings. The Hall–Kier alpha value is -2.24. The van der Waals surface area contributed by atoms with Crippen LogP contribution in [0.25, 0.3) is 11.1 Å². The van der Waals surface area contributed by atoms with Gasteiger partial charge in [-0.05, 0) is 37.0 Å². The maximum absolute atomic E-state index is 11.7. The van der Waals surface area contributed by atoms with Crippen LogP contribution in [-0.2, 0) is 6.42 Å². The Labute approximate surface area is 121 Å². The summed E-state index contributed by atoms with van der Waals surface area (Å²) in [7, 11) is 0. The van der Waals surface area contributed by atoms with Gasteiger partial charge < -0.3 is 15.1 Å². The average Bonchev–Trinajstić information content (AvgIpc) is 3.06. The lowest BCUT2D eigenvalue weighted by Gasteiger charge is -2.12. The van der Waals surface area contributed by atoms with Gasteiger partial charge >= 0.3 is 11.8 Å². The molecule has 1 aliphatic carbocycles. The number of hydrogen-bond acceptors (Lipinski definition) is 3. The van der Waals surface area contributed by atoms with Crippen LogP contribution in [0.4, 0.5) is 4.79 Å².